The number of alkyl carbamates (subject to hydrolysis) is 1. The molecule has 1 atom stereocenters. The first-order valence-electron chi connectivity index (χ1n) is 4.82. The van der Waals surface area contributed by atoms with E-state index < -0.39 is 0 Å². The maximum absolute atomic E-state index is 11.2. The van der Waals surface area contributed by atoms with E-state index in [9.17, 15) is 4.79 Å². The first kappa shape index (κ1) is 12.0. The average Bonchev–Trinajstić information content (AvgIpc) is 2.18. The Kier molecular flexibility index (Phi) is 4.62. The van der Waals surface area contributed by atoms with Crippen molar-refractivity contribution in [2.24, 2.45) is 0 Å². The van der Waals surface area contributed by atoms with Gasteiger partial charge in [-0.3, -0.25) is 0 Å². The zero-order valence-corrected chi connectivity index (χ0v) is 10.4. The fourth-order valence-corrected chi connectivity index (χ4v) is 1.45. The molecule has 82 valence electrons. The van der Waals surface area contributed by atoms with E-state index in [0.717, 1.165) is 10.0 Å². The molecule has 0 radical (unpaired) electrons. The summed E-state index contributed by atoms with van der Waals surface area (Å²) in [5.74, 6) is 0. The molecule has 4 heteroatoms. The van der Waals surface area contributed by atoms with E-state index in [2.05, 4.69) is 21.2 Å². The third kappa shape index (κ3) is 3.91. The highest BCUT2D eigenvalue weighted by atomic mass is 79.9. The smallest absolute Gasteiger partial charge is 0.407 e. The van der Waals surface area contributed by atoms with Crippen LogP contribution >= 0.6 is 15.9 Å². The molecule has 0 saturated heterocycles. The fourth-order valence-electron chi connectivity index (χ4n) is 1.18. The highest BCUT2D eigenvalue weighted by Crippen LogP contribution is 2.16. The zero-order chi connectivity index (χ0) is 11.3. The van der Waals surface area contributed by atoms with E-state index in [1.54, 1.807) is 6.92 Å². The summed E-state index contributed by atoms with van der Waals surface area (Å²) < 4.78 is 5.82. The number of carbonyl (C=O) groups is 1. The summed E-state index contributed by atoms with van der Waals surface area (Å²) in [4.78, 5) is 11.2. The van der Waals surface area contributed by atoms with Gasteiger partial charge in [-0.1, -0.05) is 28.1 Å². The second-order valence-electron chi connectivity index (χ2n) is 3.14. The number of nitrogens with one attached hydrogen (secondary N) is 1. The van der Waals surface area contributed by atoms with Crippen molar-refractivity contribution >= 4 is 22.0 Å². The van der Waals surface area contributed by atoms with E-state index in [-0.39, 0.29) is 12.1 Å². The van der Waals surface area contributed by atoms with Gasteiger partial charge in [-0.2, -0.15) is 0 Å². The topological polar surface area (TPSA) is 38.3 Å². The highest BCUT2D eigenvalue weighted by Gasteiger charge is 2.09. The summed E-state index contributed by atoms with van der Waals surface area (Å²) in [6.07, 6.45) is -0.382. The standard InChI is InChI=1S/C11H14BrNO2/c1-3-15-11(14)13-8(2)9-4-6-10(12)7-5-9/h4-8H,3H2,1-2H3,(H,13,14). The van der Waals surface area contributed by atoms with Crippen molar-refractivity contribution in [1.82, 2.24) is 5.32 Å². The van der Waals surface area contributed by atoms with Crippen LogP contribution in [0.15, 0.2) is 28.7 Å². The zero-order valence-electron chi connectivity index (χ0n) is 8.79. The molecule has 1 aromatic carbocycles. The molecule has 0 aliphatic carbocycles. The van der Waals surface area contributed by atoms with Crippen LogP contribution in [0.2, 0.25) is 0 Å². The molecule has 1 N–H and O–H groups in total. The van der Waals surface area contributed by atoms with Gasteiger partial charge in [0.1, 0.15) is 0 Å². The number of hydrogen-bond acceptors (Lipinski definition) is 2. The third-order valence-electron chi connectivity index (χ3n) is 1.98. The second kappa shape index (κ2) is 5.75. The van der Waals surface area contributed by atoms with Crippen LogP contribution in [0.3, 0.4) is 0 Å². The van der Waals surface area contributed by atoms with Crippen LogP contribution in [-0.4, -0.2) is 12.7 Å². The molecule has 0 saturated carbocycles. The molecule has 1 amide bonds. The Morgan fingerprint density at radius 2 is 2.07 bits per heavy atom. The van der Waals surface area contributed by atoms with Crippen LogP contribution < -0.4 is 5.32 Å². The maximum Gasteiger partial charge on any atom is 0.407 e. The van der Waals surface area contributed by atoms with Crippen molar-refractivity contribution in [3.8, 4) is 0 Å². The lowest BCUT2D eigenvalue weighted by Crippen LogP contribution is -2.27. The van der Waals surface area contributed by atoms with Gasteiger partial charge in [0.05, 0.1) is 12.6 Å². The molecule has 0 aliphatic rings. The van der Waals surface area contributed by atoms with E-state index in [4.69, 9.17) is 4.74 Å². The van der Waals surface area contributed by atoms with E-state index in [1.165, 1.54) is 0 Å². The Balaban J connectivity index is 2.57. The normalized spacial score (nSPS) is 11.9. The summed E-state index contributed by atoms with van der Waals surface area (Å²) in [6.45, 7) is 4.09. The lowest BCUT2D eigenvalue weighted by Gasteiger charge is -2.13. The molecule has 0 spiro atoms. The molecule has 0 fully saturated rings. The molecule has 0 bridgehead atoms. The van der Waals surface area contributed by atoms with E-state index in [0.29, 0.717) is 6.61 Å². The number of amides is 1. The van der Waals surface area contributed by atoms with Crippen molar-refractivity contribution < 1.29 is 9.53 Å². The summed E-state index contributed by atoms with van der Waals surface area (Å²) in [7, 11) is 0. The number of benzene rings is 1. The molecule has 3 nitrogen and oxygen atoms in total. The van der Waals surface area contributed by atoms with Crippen LogP contribution in [-0.2, 0) is 4.74 Å². The lowest BCUT2D eigenvalue weighted by atomic mass is 10.1. The highest BCUT2D eigenvalue weighted by molar-refractivity contribution is 9.10. The Morgan fingerprint density at radius 3 is 2.60 bits per heavy atom. The van der Waals surface area contributed by atoms with Gasteiger partial charge in [-0.05, 0) is 31.5 Å². The Bertz CT molecular complexity index is 324. The van der Waals surface area contributed by atoms with Crippen LogP contribution in [0.5, 0.6) is 0 Å². The molecular weight excluding hydrogens is 258 g/mol. The van der Waals surface area contributed by atoms with Gasteiger partial charge in [0.2, 0.25) is 0 Å². The van der Waals surface area contributed by atoms with Crippen molar-refractivity contribution in [3.63, 3.8) is 0 Å². The lowest BCUT2D eigenvalue weighted by molar-refractivity contribution is 0.149. The predicted octanol–water partition coefficient (Wildman–Crippen LogP) is 3.26. The largest absolute Gasteiger partial charge is 0.450 e. The first-order valence-corrected chi connectivity index (χ1v) is 5.61. The van der Waals surface area contributed by atoms with Crippen LogP contribution in [0, 0.1) is 0 Å². The van der Waals surface area contributed by atoms with Crippen molar-refractivity contribution in [2.45, 2.75) is 19.9 Å². The average molecular weight is 272 g/mol. The van der Waals surface area contributed by atoms with E-state index >= 15 is 0 Å². The Labute approximate surface area is 97.9 Å². The fraction of sp³-hybridized carbons (Fsp3) is 0.364. The van der Waals surface area contributed by atoms with Crippen LogP contribution in [0.1, 0.15) is 25.5 Å². The minimum absolute atomic E-state index is 0.0443. The van der Waals surface area contributed by atoms with E-state index in [1.807, 2.05) is 31.2 Å². The van der Waals surface area contributed by atoms with Crippen molar-refractivity contribution in [3.05, 3.63) is 34.3 Å². The van der Waals surface area contributed by atoms with Gasteiger partial charge in [-0.15, -0.1) is 0 Å². The summed E-state index contributed by atoms with van der Waals surface area (Å²) in [5.41, 5.74) is 1.05. The Morgan fingerprint density at radius 1 is 1.47 bits per heavy atom. The van der Waals surface area contributed by atoms with Crippen LogP contribution in [0.4, 0.5) is 4.79 Å². The quantitative estimate of drug-likeness (QED) is 0.917. The van der Waals surface area contributed by atoms with Gasteiger partial charge in [0, 0.05) is 4.47 Å². The van der Waals surface area contributed by atoms with Gasteiger partial charge in [0.25, 0.3) is 0 Å². The number of hydrogen-bond donors (Lipinski definition) is 1. The van der Waals surface area contributed by atoms with Crippen LogP contribution in [0.25, 0.3) is 0 Å². The summed E-state index contributed by atoms with van der Waals surface area (Å²) in [6, 6.07) is 7.76. The molecular formula is C11H14BrNO2. The maximum atomic E-state index is 11.2. The van der Waals surface area contributed by atoms with Gasteiger partial charge in [0.15, 0.2) is 0 Å². The van der Waals surface area contributed by atoms with Crippen molar-refractivity contribution in [1.29, 1.82) is 0 Å². The minimum Gasteiger partial charge on any atom is -0.450 e. The van der Waals surface area contributed by atoms with Gasteiger partial charge in [-0.25, -0.2) is 4.79 Å². The van der Waals surface area contributed by atoms with Gasteiger partial charge >= 0.3 is 6.09 Å². The summed E-state index contributed by atoms with van der Waals surface area (Å²) >= 11 is 3.36. The number of carbonyl (C=O) groups excluding carboxylic acids is 1. The predicted molar refractivity (Wildman–Crippen MR) is 62.7 cm³/mol. The third-order valence-corrected chi connectivity index (χ3v) is 2.51. The molecule has 1 unspecified atom stereocenters. The Hall–Kier alpha value is -1.03. The van der Waals surface area contributed by atoms with Gasteiger partial charge < -0.3 is 10.1 Å². The SMILES string of the molecule is CCOC(=O)NC(C)c1ccc(Br)cc1. The number of ether oxygens (including phenoxy) is 1. The number of rotatable bonds is 3. The molecule has 0 heterocycles. The summed E-state index contributed by atoms with van der Waals surface area (Å²) in [5, 5.41) is 2.74. The second-order valence-corrected chi connectivity index (χ2v) is 4.05. The molecule has 0 aromatic heterocycles. The first-order chi connectivity index (χ1) is 7.13. The molecule has 0 aliphatic heterocycles. The molecule has 15 heavy (non-hydrogen) atoms. The van der Waals surface area contributed by atoms with Crippen molar-refractivity contribution in [2.75, 3.05) is 6.61 Å². The molecule has 1 aromatic rings. The number of halogens is 1. The minimum atomic E-state index is -0.382. The monoisotopic (exact) mass is 271 g/mol. The molecule has 1 rings (SSSR count).